The van der Waals surface area contributed by atoms with Crippen molar-refractivity contribution >= 4 is 0 Å². The zero-order chi connectivity index (χ0) is 26.7. The minimum absolute atomic E-state index is 0.695. The van der Waals surface area contributed by atoms with Crippen LogP contribution in [0.15, 0.2) is 122 Å². The van der Waals surface area contributed by atoms with E-state index in [1.165, 1.54) is 0 Å². The molecule has 0 aliphatic heterocycles. The monoisotopic (exact) mass is 518 g/mol. The Bertz CT molecular complexity index is 1770. The molecule has 0 atom stereocenters. The Balaban J connectivity index is 1.15. The lowest BCUT2D eigenvalue weighted by Gasteiger charge is -2.04. The third-order valence-electron chi connectivity index (χ3n) is 6.47. The number of aromatic nitrogens is 8. The highest BCUT2D eigenvalue weighted by Crippen LogP contribution is 2.28. The first-order valence-electron chi connectivity index (χ1n) is 12.8. The summed E-state index contributed by atoms with van der Waals surface area (Å²) in [6.45, 7) is 0. The zero-order valence-electron chi connectivity index (χ0n) is 21.2. The number of aromatic amines is 2. The number of hydrogen-bond donors (Lipinski definition) is 2. The fourth-order valence-corrected chi connectivity index (χ4v) is 4.50. The number of benzene rings is 1. The van der Waals surface area contributed by atoms with Crippen molar-refractivity contribution in [2.45, 2.75) is 0 Å². The number of rotatable bonds is 6. The molecule has 0 radical (unpaired) electrons. The molecule has 0 amide bonds. The van der Waals surface area contributed by atoms with E-state index in [1.807, 2.05) is 103 Å². The molecule has 0 spiro atoms. The van der Waals surface area contributed by atoms with Crippen molar-refractivity contribution in [3.63, 3.8) is 0 Å². The summed E-state index contributed by atoms with van der Waals surface area (Å²) in [4.78, 5) is 34.4. The molecule has 0 aliphatic rings. The van der Waals surface area contributed by atoms with Crippen LogP contribution >= 0.6 is 0 Å². The van der Waals surface area contributed by atoms with Crippen LogP contribution in [0.25, 0.3) is 68.3 Å². The molecule has 7 aromatic rings. The highest BCUT2D eigenvalue weighted by molar-refractivity contribution is 5.72. The molecule has 6 heterocycles. The smallest absolute Gasteiger partial charge is 0.156 e. The van der Waals surface area contributed by atoms with Gasteiger partial charge in [0, 0.05) is 23.5 Å². The van der Waals surface area contributed by atoms with E-state index in [9.17, 15) is 0 Å². The van der Waals surface area contributed by atoms with Gasteiger partial charge in [0.2, 0.25) is 0 Å². The number of imidazole rings is 2. The summed E-state index contributed by atoms with van der Waals surface area (Å²) >= 11 is 0. The third-order valence-corrected chi connectivity index (χ3v) is 6.47. The van der Waals surface area contributed by atoms with Gasteiger partial charge in [-0.25, -0.2) is 19.9 Å². The Morgan fingerprint density at radius 1 is 0.400 bits per heavy atom. The number of pyridine rings is 4. The summed E-state index contributed by atoms with van der Waals surface area (Å²) in [6.07, 6.45) is 7.18. The van der Waals surface area contributed by atoms with Gasteiger partial charge >= 0.3 is 0 Å². The first kappa shape index (κ1) is 23.4. The SMILES string of the molecule is c1ccc(-c2cccc(-c3ncc(-c4cccc(-c5cnc(-c6cccc(-c7ccccn7)n6)[nH]5)c4)[nH]3)n2)nc1. The number of nitrogens with zero attached hydrogens (tertiary/aromatic N) is 6. The van der Waals surface area contributed by atoms with Crippen molar-refractivity contribution in [1.82, 2.24) is 39.9 Å². The first-order chi connectivity index (χ1) is 19.8. The minimum atomic E-state index is 0.695. The summed E-state index contributed by atoms with van der Waals surface area (Å²) in [5.41, 5.74) is 8.54. The molecule has 0 fully saturated rings. The Hall–Kier alpha value is -5.76. The lowest BCUT2D eigenvalue weighted by atomic mass is 10.1. The van der Waals surface area contributed by atoms with Crippen molar-refractivity contribution in [3.8, 4) is 68.3 Å². The van der Waals surface area contributed by atoms with E-state index in [1.54, 1.807) is 12.4 Å². The van der Waals surface area contributed by atoms with Gasteiger partial charge in [0.25, 0.3) is 0 Å². The fourth-order valence-electron chi connectivity index (χ4n) is 4.50. The van der Waals surface area contributed by atoms with Crippen LogP contribution in [0.5, 0.6) is 0 Å². The van der Waals surface area contributed by atoms with Gasteiger partial charge < -0.3 is 9.97 Å². The summed E-state index contributed by atoms with van der Waals surface area (Å²) in [7, 11) is 0. The molecular formula is C32H22N8. The summed E-state index contributed by atoms with van der Waals surface area (Å²) < 4.78 is 0. The van der Waals surface area contributed by atoms with Crippen molar-refractivity contribution in [2.24, 2.45) is 0 Å². The molecule has 40 heavy (non-hydrogen) atoms. The van der Waals surface area contributed by atoms with Gasteiger partial charge in [-0.3, -0.25) is 9.97 Å². The topological polar surface area (TPSA) is 109 Å². The maximum Gasteiger partial charge on any atom is 0.156 e. The molecular weight excluding hydrogens is 496 g/mol. The molecule has 7 rings (SSSR count). The summed E-state index contributed by atoms with van der Waals surface area (Å²) in [6, 6.07) is 31.5. The normalized spacial score (nSPS) is 11.0. The Labute approximate surface area is 230 Å². The van der Waals surface area contributed by atoms with E-state index in [0.29, 0.717) is 11.6 Å². The quantitative estimate of drug-likeness (QED) is 0.253. The van der Waals surface area contributed by atoms with E-state index >= 15 is 0 Å². The average Bonchev–Trinajstić information content (AvgIpc) is 3.74. The third kappa shape index (κ3) is 4.65. The van der Waals surface area contributed by atoms with E-state index in [4.69, 9.17) is 9.97 Å². The highest BCUT2D eigenvalue weighted by Gasteiger charge is 2.12. The molecule has 0 aliphatic carbocycles. The molecule has 190 valence electrons. The molecule has 0 bridgehead atoms. The van der Waals surface area contributed by atoms with Crippen LogP contribution in [0.2, 0.25) is 0 Å². The Morgan fingerprint density at radius 2 is 0.850 bits per heavy atom. The van der Waals surface area contributed by atoms with Crippen LogP contribution in [-0.2, 0) is 0 Å². The van der Waals surface area contributed by atoms with Gasteiger partial charge in [-0.1, -0.05) is 42.5 Å². The van der Waals surface area contributed by atoms with Gasteiger partial charge in [-0.05, 0) is 54.6 Å². The predicted octanol–water partition coefficient (Wildman–Crippen LogP) is 6.71. The second kappa shape index (κ2) is 10.2. The van der Waals surface area contributed by atoms with E-state index in [0.717, 1.165) is 56.7 Å². The van der Waals surface area contributed by atoms with Gasteiger partial charge in [0.15, 0.2) is 11.6 Å². The van der Waals surface area contributed by atoms with Crippen LogP contribution in [0.1, 0.15) is 0 Å². The maximum absolute atomic E-state index is 4.76. The molecule has 2 N–H and O–H groups in total. The van der Waals surface area contributed by atoms with E-state index < -0.39 is 0 Å². The molecule has 0 saturated heterocycles. The second-order valence-corrected chi connectivity index (χ2v) is 9.12. The van der Waals surface area contributed by atoms with Gasteiger partial charge in [0.1, 0.15) is 11.4 Å². The highest BCUT2D eigenvalue weighted by atomic mass is 15.0. The Kier molecular flexibility index (Phi) is 5.95. The van der Waals surface area contributed by atoms with Gasteiger partial charge in [-0.2, -0.15) is 0 Å². The van der Waals surface area contributed by atoms with Crippen LogP contribution in [0, 0.1) is 0 Å². The zero-order valence-corrected chi connectivity index (χ0v) is 21.2. The average molecular weight is 519 g/mol. The molecule has 8 nitrogen and oxygen atoms in total. The summed E-state index contributed by atoms with van der Waals surface area (Å²) in [5, 5.41) is 0. The largest absolute Gasteiger partial charge is 0.337 e. The van der Waals surface area contributed by atoms with Crippen molar-refractivity contribution in [3.05, 3.63) is 122 Å². The first-order valence-corrected chi connectivity index (χ1v) is 12.8. The lowest BCUT2D eigenvalue weighted by molar-refractivity contribution is 1.20. The predicted molar refractivity (Wildman–Crippen MR) is 155 cm³/mol. The standard InChI is InChI=1S/C32H22N8/c1-3-16-33-23(10-1)25-12-6-14-27(37-25)31-35-19-29(39-31)21-8-5-9-22(18-21)30-20-36-32(40-30)28-15-7-13-26(38-28)24-11-2-4-17-34-24/h1-20H,(H,35,39)(H,36,40). The minimum Gasteiger partial charge on any atom is -0.337 e. The van der Waals surface area contributed by atoms with Crippen LogP contribution in [0.4, 0.5) is 0 Å². The molecule has 0 saturated carbocycles. The lowest BCUT2D eigenvalue weighted by Crippen LogP contribution is -1.91. The van der Waals surface area contributed by atoms with Crippen molar-refractivity contribution in [2.75, 3.05) is 0 Å². The summed E-state index contributed by atoms with van der Waals surface area (Å²) in [5.74, 6) is 1.39. The number of nitrogens with one attached hydrogen (secondary N) is 2. The van der Waals surface area contributed by atoms with Gasteiger partial charge in [0.05, 0.1) is 46.6 Å². The van der Waals surface area contributed by atoms with Crippen molar-refractivity contribution in [1.29, 1.82) is 0 Å². The fraction of sp³-hybridized carbons (Fsp3) is 0. The second-order valence-electron chi connectivity index (χ2n) is 9.12. The van der Waals surface area contributed by atoms with Gasteiger partial charge in [-0.15, -0.1) is 0 Å². The number of H-pyrrole nitrogens is 2. The maximum atomic E-state index is 4.76. The van der Waals surface area contributed by atoms with Crippen LogP contribution < -0.4 is 0 Å². The molecule has 0 unspecified atom stereocenters. The molecule has 1 aromatic carbocycles. The number of hydrogen-bond acceptors (Lipinski definition) is 6. The van der Waals surface area contributed by atoms with E-state index in [-0.39, 0.29) is 0 Å². The molecule has 6 aromatic heterocycles. The Morgan fingerprint density at radius 3 is 1.32 bits per heavy atom. The van der Waals surface area contributed by atoms with Crippen LogP contribution in [-0.4, -0.2) is 39.9 Å². The molecule has 8 heteroatoms. The van der Waals surface area contributed by atoms with E-state index in [2.05, 4.69) is 36.0 Å². The van der Waals surface area contributed by atoms with Crippen LogP contribution in [0.3, 0.4) is 0 Å². The van der Waals surface area contributed by atoms with Crippen molar-refractivity contribution < 1.29 is 0 Å².